The second-order valence-electron chi connectivity index (χ2n) is 4.72. The molecule has 1 heterocycles. The molecule has 0 fully saturated rings. The maximum absolute atomic E-state index is 13.0. The monoisotopic (exact) mass is 234 g/mol. The second kappa shape index (κ2) is 5.92. The molecule has 1 aliphatic carbocycles. The third-order valence-electron chi connectivity index (χ3n) is 3.32. The Morgan fingerprint density at radius 2 is 2.35 bits per heavy atom. The lowest BCUT2D eigenvalue weighted by Gasteiger charge is -2.21. The molecule has 0 spiro atoms. The topological polar surface area (TPSA) is 24.9 Å². The number of hydrogen-bond acceptors (Lipinski definition) is 2. The lowest BCUT2D eigenvalue weighted by atomic mass is 9.94. The lowest BCUT2D eigenvalue weighted by molar-refractivity contribution is 0.414. The summed E-state index contributed by atoms with van der Waals surface area (Å²) in [5.41, 5.74) is 0.913. The van der Waals surface area contributed by atoms with Crippen LogP contribution in [0.15, 0.2) is 30.6 Å². The molecule has 1 aromatic rings. The molecule has 92 valence electrons. The van der Waals surface area contributed by atoms with Gasteiger partial charge >= 0.3 is 0 Å². The SMILES string of the molecule is CC(NCC1CC=CCC1)c1cncc(F)c1. The van der Waals surface area contributed by atoms with E-state index in [2.05, 4.69) is 29.4 Å². The first-order valence-electron chi connectivity index (χ1n) is 6.24. The molecule has 1 aliphatic rings. The van der Waals surface area contributed by atoms with Gasteiger partial charge in [-0.25, -0.2) is 4.39 Å². The quantitative estimate of drug-likeness (QED) is 0.809. The van der Waals surface area contributed by atoms with Gasteiger partial charge in [-0.1, -0.05) is 12.2 Å². The van der Waals surface area contributed by atoms with Crippen LogP contribution in [0, 0.1) is 11.7 Å². The zero-order valence-electron chi connectivity index (χ0n) is 10.2. The lowest BCUT2D eigenvalue weighted by Crippen LogP contribution is -2.26. The van der Waals surface area contributed by atoms with Crippen molar-refractivity contribution in [2.45, 2.75) is 32.2 Å². The normalized spacial score (nSPS) is 21.4. The van der Waals surface area contributed by atoms with Gasteiger partial charge in [0, 0.05) is 12.2 Å². The summed E-state index contributed by atoms with van der Waals surface area (Å²) in [7, 11) is 0. The Labute approximate surface area is 102 Å². The average Bonchev–Trinajstić information content (AvgIpc) is 2.37. The van der Waals surface area contributed by atoms with Crippen LogP contribution < -0.4 is 5.32 Å². The Morgan fingerprint density at radius 1 is 1.47 bits per heavy atom. The molecule has 0 amide bonds. The maximum atomic E-state index is 13.0. The molecule has 2 rings (SSSR count). The van der Waals surface area contributed by atoms with Gasteiger partial charge < -0.3 is 5.32 Å². The number of nitrogens with one attached hydrogen (secondary N) is 1. The molecule has 0 aliphatic heterocycles. The van der Waals surface area contributed by atoms with Crippen LogP contribution in [0.4, 0.5) is 4.39 Å². The number of pyridine rings is 1. The Hall–Kier alpha value is -1.22. The number of aromatic nitrogens is 1. The summed E-state index contributed by atoms with van der Waals surface area (Å²) < 4.78 is 13.0. The highest BCUT2D eigenvalue weighted by Gasteiger charge is 2.12. The standard InChI is InChI=1S/C14H19FN2/c1-11(13-7-14(15)10-16-9-13)17-8-12-5-3-2-4-6-12/h2-3,7,9-12,17H,4-6,8H2,1H3. The van der Waals surface area contributed by atoms with E-state index in [1.807, 2.05) is 0 Å². The fourth-order valence-electron chi connectivity index (χ4n) is 2.17. The fourth-order valence-corrected chi connectivity index (χ4v) is 2.17. The van der Waals surface area contributed by atoms with Crippen molar-refractivity contribution in [1.82, 2.24) is 10.3 Å². The average molecular weight is 234 g/mol. The summed E-state index contributed by atoms with van der Waals surface area (Å²) in [5, 5.41) is 3.46. The third kappa shape index (κ3) is 3.63. The van der Waals surface area contributed by atoms with Gasteiger partial charge in [-0.05, 0) is 50.3 Å². The molecule has 3 heteroatoms. The molecule has 0 aromatic carbocycles. The van der Waals surface area contributed by atoms with Crippen molar-refractivity contribution in [3.05, 3.63) is 42.0 Å². The van der Waals surface area contributed by atoms with E-state index in [-0.39, 0.29) is 11.9 Å². The van der Waals surface area contributed by atoms with Crippen LogP contribution in [0.25, 0.3) is 0 Å². The van der Waals surface area contributed by atoms with Crippen molar-refractivity contribution in [3.8, 4) is 0 Å². The molecule has 0 saturated carbocycles. The van der Waals surface area contributed by atoms with Gasteiger partial charge in [0.15, 0.2) is 0 Å². The minimum Gasteiger partial charge on any atom is -0.310 e. The smallest absolute Gasteiger partial charge is 0.141 e. The van der Waals surface area contributed by atoms with Gasteiger partial charge in [0.1, 0.15) is 5.82 Å². The summed E-state index contributed by atoms with van der Waals surface area (Å²) in [4.78, 5) is 3.87. The fraction of sp³-hybridized carbons (Fsp3) is 0.500. The van der Waals surface area contributed by atoms with Gasteiger partial charge in [-0.3, -0.25) is 4.98 Å². The summed E-state index contributed by atoms with van der Waals surface area (Å²) in [5.74, 6) is 0.445. The van der Waals surface area contributed by atoms with Gasteiger partial charge in [-0.2, -0.15) is 0 Å². The number of rotatable bonds is 4. The van der Waals surface area contributed by atoms with Crippen molar-refractivity contribution < 1.29 is 4.39 Å². The second-order valence-corrected chi connectivity index (χ2v) is 4.72. The van der Waals surface area contributed by atoms with Gasteiger partial charge in [0.2, 0.25) is 0 Å². The van der Waals surface area contributed by atoms with E-state index in [1.165, 1.54) is 19.0 Å². The first-order chi connectivity index (χ1) is 8.25. The zero-order chi connectivity index (χ0) is 12.1. The van der Waals surface area contributed by atoms with E-state index in [9.17, 15) is 4.39 Å². The highest BCUT2D eigenvalue weighted by atomic mass is 19.1. The minimum absolute atomic E-state index is 0.157. The molecule has 17 heavy (non-hydrogen) atoms. The first-order valence-corrected chi connectivity index (χ1v) is 6.24. The van der Waals surface area contributed by atoms with Crippen LogP contribution in [-0.2, 0) is 0 Å². The highest BCUT2D eigenvalue weighted by Crippen LogP contribution is 2.19. The molecule has 0 radical (unpaired) electrons. The van der Waals surface area contributed by atoms with Crippen LogP contribution in [0.2, 0.25) is 0 Å². The Bertz CT molecular complexity index is 390. The van der Waals surface area contributed by atoms with Gasteiger partial charge in [-0.15, -0.1) is 0 Å². The molecule has 1 aromatic heterocycles. The number of allylic oxidation sites excluding steroid dienone is 2. The minimum atomic E-state index is -0.267. The summed E-state index contributed by atoms with van der Waals surface area (Å²) in [6.07, 6.45) is 11.0. The summed E-state index contributed by atoms with van der Waals surface area (Å²) in [6.45, 7) is 3.04. The van der Waals surface area contributed by atoms with Gasteiger partial charge in [0.25, 0.3) is 0 Å². The van der Waals surface area contributed by atoms with Crippen LogP contribution in [0.3, 0.4) is 0 Å². The van der Waals surface area contributed by atoms with Crippen LogP contribution in [0.1, 0.15) is 37.8 Å². The predicted octanol–water partition coefficient (Wildman–Crippen LogP) is 3.23. The molecule has 0 saturated heterocycles. The van der Waals surface area contributed by atoms with Gasteiger partial charge in [0.05, 0.1) is 6.20 Å². The van der Waals surface area contributed by atoms with Crippen LogP contribution in [0.5, 0.6) is 0 Å². The molecule has 1 N–H and O–H groups in total. The molecule has 0 bridgehead atoms. The molecular formula is C14H19FN2. The van der Waals surface area contributed by atoms with E-state index < -0.39 is 0 Å². The Morgan fingerprint density at radius 3 is 3.06 bits per heavy atom. The maximum Gasteiger partial charge on any atom is 0.141 e. The summed E-state index contributed by atoms with van der Waals surface area (Å²) in [6, 6.07) is 1.70. The third-order valence-corrected chi connectivity index (χ3v) is 3.32. The van der Waals surface area contributed by atoms with Crippen molar-refractivity contribution in [2.24, 2.45) is 5.92 Å². The largest absolute Gasteiger partial charge is 0.310 e. The van der Waals surface area contributed by atoms with Crippen molar-refractivity contribution in [1.29, 1.82) is 0 Å². The van der Waals surface area contributed by atoms with E-state index in [0.717, 1.165) is 18.5 Å². The summed E-state index contributed by atoms with van der Waals surface area (Å²) >= 11 is 0. The molecular weight excluding hydrogens is 215 g/mol. The van der Waals surface area contributed by atoms with Crippen molar-refractivity contribution >= 4 is 0 Å². The van der Waals surface area contributed by atoms with E-state index in [0.29, 0.717) is 5.92 Å². The van der Waals surface area contributed by atoms with Crippen molar-refractivity contribution in [3.63, 3.8) is 0 Å². The van der Waals surface area contributed by atoms with E-state index in [4.69, 9.17) is 0 Å². The van der Waals surface area contributed by atoms with Crippen LogP contribution >= 0.6 is 0 Å². The molecule has 2 unspecified atom stereocenters. The highest BCUT2D eigenvalue weighted by molar-refractivity contribution is 5.14. The number of halogens is 1. The predicted molar refractivity (Wildman–Crippen MR) is 67.1 cm³/mol. The Balaban J connectivity index is 1.84. The van der Waals surface area contributed by atoms with E-state index >= 15 is 0 Å². The van der Waals surface area contributed by atoms with E-state index in [1.54, 1.807) is 12.3 Å². The number of hydrogen-bond donors (Lipinski definition) is 1. The number of nitrogens with zero attached hydrogens (tertiary/aromatic N) is 1. The van der Waals surface area contributed by atoms with Crippen molar-refractivity contribution in [2.75, 3.05) is 6.54 Å². The zero-order valence-corrected chi connectivity index (χ0v) is 10.2. The molecule has 2 nitrogen and oxygen atoms in total. The first kappa shape index (κ1) is 12.2. The van der Waals surface area contributed by atoms with Crippen LogP contribution in [-0.4, -0.2) is 11.5 Å². The molecule has 2 atom stereocenters. The Kier molecular flexibility index (Phi) is 4.26.